The van der Waals surface area contributed by atoms with Crippen molar-refractivity contribution in [3.63, 3.8) is 0 Å². The summed E-state index contributed by atoms with van der Waals surface area (Å²) < 4.78 is 19.9. The van der Waals surface area contributed by atoms with Gasteiger partial charge in [-0.3, -0.25) is 23.7 Å². The number of nitrogens with one attached hydrogen (secondary N) is 2. The van der Waals surface area contributed by atoms with E-state index in [1.807, 2.05) is 30.3 Å². The number of aromatic amines is 2. The fraction of sp³-hybridized carbons (Fsp3) is 0.346. The van der Waals surface area contributed by atoms with E-state index in [0.29, 0.717) is 23.1 Å². The van der Waals surface area contributed by atoms with E-state index in [4.69, 9.17) is 0 Å². The zero-order chi connectivity index (χ0) is 23.3. The van der Waals surface area contributed by atoms with E-state index >= 15 is 0 Å². The van der Waals surface area contributed by atoms with E-state index in [-0.39, 0.29) is 5.56 Å². The van der Waals surface area contributed by atoms with Crippen LogP contribution >= 0.6 is 10.6 Å². The molecule has 2 aromatic carbocycles. The fourth-order valence-electron chi connectivity index (χ4n) is 5.41. The van der Waals surface area contributed by atoms with Crippen molar-refractivity contribution in [3.8, 4) is 11.3 Å². The fourth-order valence-corrected chi connectivity index (χ4v) is 7.22. The Bertz CT molecular complexity index is 1400. The van der Waals surface area contributed by atoms with Crippen molar-refractivity contribution in [2.75, 3.05) is 37.7 Å². The van der Waals surface area contributed by atoms with Gasteiger partial charge in [-0.25, -0.2) is 0 Å². The molecule has 2 fully saturated rings. The minimum absolute atomic E-state index is 0.0909. The second kappa shape index (κ2) is 8.55. The summed E-state index contributed by atoms with van der Waals surface area (Å²) in [5.41, 5.74) is 4.51. The molecular formula is C26H30N4O3S. The van der Waals surface area contributed by atoms with Gasteiger partial charge in [-0.2, -0.15) is 10.6 Å². The molecule has 8 heteroatoms. The number of para-hydroxylation sites is 1. The van der Waals surface area contributed by atoms with Crippen LogP contribution in [0.5, 0.6) is 0 Å². The summed E-state index contributed by atoms with van der Waals surface area (Å²) in [4.78, 5) is 24.0. The van der Waals surface area contributed by atoms with Crippen LogP contribution in [-0.4, -0.2) is 72.6 Å². The summed E-state index contributed by atoms with van der Waals surface area (Å²) in [7, 11) is -2.34. The predicted octanol–water partition coefficient (Wildman–Crippen LogP) is 4.32. The van der Waals surface area contributed by atoms with E-state index < -0.39 is 10.6 Å². The Hall–Kier alpha value is -2.62. The van der Waals surface area contributed by atoms with Crippen molar-refractivity contribution in [1.29, 1.82) is 0 Å². The number of benzene rings is 2. The first-order valence-corrected chi connectivity index (χ1v) is 13.8. The first-order valence-electron chi connectivity index (χ1n) is 11.9. The highest BCUT2D eigenvalue weighted by atomic mass is 32.3. The Kier molecular flexibility index (Phi) is 5.50. The molecule has 7 nitrogen and oxygen atoms in total. The molecule has 0 spiro atoms. The zero-order valence-corrected chi connectivity index (χ0v) is 19.9. The number of aromatic nitrogens is 2. The normalized spacial score (nSPS) is 22.5. The Balaban J connectivity index is 1.16. The van der Waals surface area contributed by atoms with Crippen LogP contribution in [0.15, 0.2) is 59.4 Å². The lowest BCUT2D eigenvalue weighted by Gasteiger charge is -2.38. The van der Waals surface area contributed by atoms with Crippen LogP contribution in [0.4, 0.5) is 0 Å². The van der Waals surface area contributed by atoms with Crippen LogP contribution in [0.25, 0.3) is 33.1 Å². The largest absolute Gasteiger partial charge is 0.354 e. The van der Waals surface area contributed by atoms with Gasteiger partial charge in [0.1, 0.15) is 0 Å². The summed E-state index contributed by atoms with van der Waals surface area (Å²) in [6.45, 7) is 4.81. The van der Waals surface area contributed by atoms with Gasteiger partial charge >= 0.3 is 0 Å². The Labute approximate surface area is 199 Å². The molecule has 34 heavy (non-hydrogen) atoms. The van der Waals surface area contributed by atoms with Gasteiger partial charge in [0.2, 0.25) is 0 Å². The molecular weight excluding hydrogens is 448 g/mol. The van der Waals surface area contributed by atoms with Gasteiger partial charge < -0.3 is 9.97 Å². The third-order valence-electron chi connectivity index (χ3n) is 7.30. The number of hydrogen-bond acceptors (Lipinski definition) is 5. The van der Waals surface area contributed by atoms with Crippen LogP contribution in [0.2, 0.25) is 0 Å². The third-order valence-corrected chi connectivity index (χ3v) is 9.10. The SMILES string of the molecule is O=c1[nH]c2ccccc2cc1-c1cc2cc(CN3CCN(C4CCS(O)(O)C4)CC3)ccc2[nH]1. The molecule has 2 aliphatic rings. The van der Waals surface area contributed by atoms with E-state index in [2.05, 4.69) is 44.0 Å². The summed E-state index contributed by atoms with van der Waals surface area (Å²) >= 11 is 0. The maximum atomic E-state index is 12.7. The maximum absolute atomic E-state index is 12.7. The number of fused-ring (bicyclic) bond motifs is 2. The minimum atomic E-state index is -2.34. The molecule has 0 saturated carbocycles. The average molecular weight is 479 g/mol. The molecule has 4 aromatic rings. The molecule has 1 unspecified atom stereocenters. The lowest BCUT2D eigenvalue weighted by molar-refractivity contribution is 0.0999. The molecule has 0 radical (unpaired) electrons. The molecule has 4 heterocycles. The van der Waals surface area contributed by atoms with Gasteiger partial charge in [-0.1, -0.05) is 24.3 Å². The maximum Gasteiger partial charge on any atom is 0.257 e. The topological polar surface area (TPSA) is 95.6 Å². The van der Waals surface area contributed by atoms with Crippen molar-refractivity contribution in [2.45, 2.75) is 19.0 Å². The third kappa shape index (κ3) is 4.28. The van der Waals surface area contributed by atoms with Crippen LogP contribution in [0.3, 0.4) is 0 Å². The molecule has 0 amide bonds. The second-order valence-electron chi connectivity index (χ2n) is 9.63. The Morgan fingerprint density at radius 3 is 2.50 bits per heavy atom. The summed E-state index contributed by atoms with van der Waals surface area (Å²) in [6.07, 6.45) is 0.898. The average Bonchev–Trinajstić information content (AvgIpc) is 3.41. The van der Waals surface area contributed by atoms with E-state index in [9.17, 15) is 13.9 Å². The predicted molar refractivity (Wildman–Crippen MR) is 140 cm³/mol. The summed E-state index contributed by atoms with van der Waals surface area (Å²) in [6, 6.07) is 18.6. The second-order valence-corrected chi connectivity index (χ2v) is 12.0. The van der Waals surface area contributed by atoms with Crippen molar-refractivity contribution >= 4 is 32.4 Å². The van der Waals surface area contributed by atoms with Crippen LogP contribution in [0.1, 0.15) is 12.0 Å². The monoisotopic (exact) mass is 478 g/mol. The van der Waals surface area contributed by atoms with Gasteiger partial charge in [0.05, 0.1) is 17.0 Å². The van der Waals surface area contributed by atoms with E-state index in [1.165, 1.54) is 5.56 Å². The smallest absolute Gasteiger partial charge is 0.257 e. The number of H-pyrrole nitrogens is 2. The highest BCUT2D eigenvalue weighted by Gasteiger charge is 2.33. The molecule has 0 bridgehead atoms. The molecule has 178 valence electrons. The molecule has 2 aliphatic heterocycles. The molecule has 4 N–H and O–H groups in total. The van der Waals surface area contributed by atoms with E-state index in [0.717, 1.165) is 66.6 Å². The van der Waals surface area contributed by atoms with Crippen LogP contribution < -0.4 is 5.56 Å². The van der Waals surface area contributed by atoms with E-state index in [1.54, 1.807) is 0 Å². The standard InChI is InChI=1S/C26H30N4O3S/c31-26-22(14-19-3-1-2-4-23(19)28-26)25-15-20-13-18(5-6-24(20)27-25)16-29-8-10-30(11-9-29)21-7-12-34(32,33)17-21/h1-6,13-15,21,27,32-33H,7-12,16-17H2,(H,28,31). The lowest BCUT2D eigenvalue weighted by atomic mass is 10.1. The van der Waals surface area contributed by atoms with Gasteiger partial charge in [0, 0.05) is 60.9 Å². The molecule has 0 aliphatic carbocycles. The Morgan fingerprint density at radius 1 is 0.912 bits per heavy atom. The number of piperazine rings is 1. The van der Waals surface area contributed by atoms with Crippen molar-refractivity contribution in [2.24, 2.45) is 0 Å². The van der Waals surface area contributed by atoms with Gasteiger partial charge in [0.25, 0.3) is 5.56 Å². The molecule has 1 atom stereocenters. The van der Waals surface area contributed by atoms with Crippen LogP contribution in [-0.2, 0) is 6.54 Å². The summed E-state index contributed by atoms with van der Waals surface area (Å²) in [5.74, 6) is 1.10. The van der Waals surface area contributed by atoms with Gasteiger partial charge in [-0.05, 0) is 47.7 Å². The number of nitrogens with zero attached hydrogens (tertiary/aromatic N) is 2. The lowest BCUT2D eigenvalue weighted by Crippen LogP contribution is -2.50. The minimum Gasteiger partial charge on any atom is -0.354 e. The highest BCUT2D eigenvalue weighted by molar-refractivity contribution is 8.24. The summed E-state index contributed by atoms with van der Waals surface area (Å²) in [5, 5.41) is 2.12. The number of pyridine rings is 1. The number of hydrogen-bond donors (Lipinski definition) is 4. The molecule has 2 saturated heterocycles. The number of rotatable bonds is 4. The van der Waals surface area contributed by atoms with Crippen molar-refractivity contribution in [3.05, 3.63) is 70.5 Å². The Morgan fingerprint density at radius 2 is 1.71 bits per heavy atom. The first-order chi connectivity index (χ1) is 16.4. The van der Waals surface area contributed by atoms with Gasteiger partial charge in [0.15, 0.2) is 0 Å². The quantitative estimate of drug-likeness (QED) is 0.350. The highest BCUT2D eigenvalue weighted by Crippen LogP contribution is 2.47. The molecule has 6 rings (SSSR count). The first kappa shape index (κ1) is 21.9. The zero-order valence-electron chi connectivity index (χ0n) is 19.0. The van der Waals surface area contributed by atoms with Crippen LogP contribution in [0, 0.1) is 0 Å². The van der Waals surface area contributed by atoms with Crippen molar-refractivity contribution < 1.29 is 9.11 Å². The molecule has 2 aromatic heterocycles. The van der Waals surface area contributed by atoms with Gasteiger partial charge in [-0.15, -0.1) is 0 Å². The van der Waals surface area contributed by atoms with Crippen molar-refractivity contribution in [1.82, 2.24) is 19.8 Å².